The van der Waals surface area contributed by atoms with Gasteiger partial charge in [-0.3, -0.25) is 13.9 Å². The van der Waals surface area contributed by atoms with E-state index in [1.807, 2.05) is 0 Å². The molecule has 118 valence electrons. The van der Waals surface area contributed by atoms with Gasteiger partial charge in [0.25, 0.3) is 5.56 Å². The van der Waals surface area contributed by atoms with Crippen molar-refractivity contribution < 1.29 is 15.3 Å². The van der Waals surface area contributed by atoms with Gasteiger partial charge in [0.15, 0.2) is 11.2 Å². The fourth-order valence-corrected chi connectivity index (χ4v) is 2.83. The first-order valence-electron chi connectivity index (χ1n) is 6.68. The van der Waals surface area contributed by atoms with E-state index in [2.05, 4.69) is 4.98 Å². The second-order valence-electron chi connectivity index (χ2n) is 5.36. The van der Waals surface area contributed by atoms with E-state index in [1.54, 1.807) is 0 Å². The van der Waals surface area contributed by atoms with Crippen molar-refractivity contribution in [3.05, 3.63) is 38.8 Å². The lowest BCUT2D eigenvalue weighted by Crippen LogP contribution is -2.38. The van der Waals surface area contributed by atoms with E-state index in [0.29, 0.717) is 0 Å². The molecule has 9 nitrogen and oxygen atoms in total. The molecule has 2 aromatic rings. The second-order valence-corrected chi connectivity index (χ2v) is 5.36. The van der Waals surface area contributed by atoms with Gasteiger partial charge in [0.2, 0.25) is 0 Å². The summed E-state index contributed by atoms with van der Waals surface area (Å²) in [5.74, 6) is 0. The van der Waals surface area contributed by atoms with Crippen LogP contribution >= 0.6 is 0 Å². The molecule has 3 unspecified atom stereocenters. The molecule has 3 N–H and O–H groups in total. The molecule has 9 heteroatoms. The quantitative estimate of drug-likeness (QED) is 0.533. The average molecular weight is 308 g/mol. The van der Waals surface area contributed by atoms with Gasteiger partial charge in [0, 0.05) is 14.1 Å². The van der Waals surface area contributed by atoms with Crippen molar-refractivity contribution in [3.63, 3.8) is 0 Å². The largest absolute Gasteiger partial charge is 0.392 e. The van der Waals surface area contributed by atoms with Crippen LogP contribution in [0.3, 0.4) is 0 Å². The van der Waals surface area contributed by atoms with E-state index in [1.165, 1.54) is 35.6 Å². The van der Waals surface area contributed by atoms with Gasteiger partial charge in [-0.15, -0.1) is 0 Å². The highest BCUT2D eigenvalue weighted by molar-refractivity contribution is 5.70. The molecular weight excluding hydrogens is 292 g/mol. The first kappa shape index (κ1) is 14.7. The van der Waals surface area contributed by atoms with Gasteiger partial charge < -0.3 is 19.9 Å². The van der Waals surface area contributed by atoms with E-state index in [9.17, 15) is 24.9 Å². The molecule has 0 aromatic carbocycles. The van der Waals surface area contributed by atoms with Gasteiger partial charge in [-0.25, -0.2) is 9.78 Å². The Balaban J connectivity index is 2.29. The zero-order chi connectivity index (χ0) is 16.2. The number of aryl methyl sites for hydroxylation is 1. The van der Waals surface area contributed by atoms with Crippen molar-refractivity contribution in [2.75, 3.05) is 6.61 Å². The monoisotopic (exact) mass is 308 g/mol. The van der Waals surface area contributed by atoms with Crippen LogP contribution in [-0.2, 0) is 14.1 Å². The molecule has 0 amide bonds. The molecule has 1 aliphatic carbocycles. The van der Waals surface area contributed by atoms with Gasteiger partial charge in [-0.05, 0) is 5.57 Å². The molecule has 0 saturated heterocycles. The highest BCUT2D eigenvalue weighted by Crippen LogP contribution is 2.30. The molecule has 0 spiro atoms. The summed E-state index contributed by atoms with van der Waals surface area (Å²) >= 11 is 0. The molecule has 3 atom stereocenters. The van der Waals surface area contributed by atoms with Gasteiger partial charge in [0.1, 0.15) is 12.2 Å². The number of aliphatic hydroxyl groups is 3. The summed E-state index contributed by atoms with van der Waals surface area (Å²) in [4.78, 5) is 28.2. The summed E-state index contributed by atoms with van der Waals surface area (Å²) in [6.07, 6.45) is 0.455. The van der Waals surface area contributed by atoms with Gasteiger partial charge in [-0.2, -0.15) is 0 Å². The third kappa shape index (κ3) is 1.79. The van der Waals surface area contributed by atoms with Crippen molar-refractivity contribution in [2.24, 2.45) is 14.1 Å². The Morgan fingerprint density at radius 3 is 2.50 bits per heavy atom. The summed E-state index contributed by atoms with van der Waals surface area (Å²) in [6, 6.07) is -0.722. The number of hydrogen-bond donors (Lipinski definition) is 3. The minimum Gasteiger partial charge on any atom is -0.392 e. The number of nitrogens with zero attached hydrogens (tertiary/aromatic N) is 4. The second kappa shape index (κ2) is 4.90. The predicted molar refractivity (Wildman–Crippen MR) is 76.4 cm³/mol. The highest BCUT2D eigenvalue weighted by atomic mass is 16.3. The van der Waals surface area contributed by atoms with Crippen LogP contribution < -0.4 is 11.2 Å². The lowest BCUT2D eigenvalue weighted by atomic mass is 10.1. The Kier molecular flexibility index (Phi) is 3.28. The lowest BCUT2D eigenvalue weighted by Gasteiger charge is -2.19. The summed E-state index contributed by atoms with van der Waals surface area (Å²) in [5, 5.41) is 29.2. The summed E-state index contributed by atoms with van der Waals surface area (Å²) < 4.78 is 3.66. The summed E-state index contributed by atoms with van der Waals surface area (Å²) in [5.41, 5.74) is -0.417. The van der Waals surface area contributed by atoms with Gasteiger partial charge in [0.05, 0.1) is 19.0 Å². The Morgan fingerprint density at radius 1 is 1.23 bits per heavy atom. The summed E-state index contributed by atoms with van der Waals surface area (Å²) in [6.45, 7) is -0.387. The zero-order valence-corrected chi connectivity index (χ0v) is 12.0. The Morgan fingerprint density at radius 2 is 1.91 bits per heavy atom. The fourth-order valence-electron chi connectivity index (χ4n) is 2.83. The number of imidazole rings is 1. The maximum absolute atomic E-state index is 12.1. The van der Waals surface area contributed by atoms with Crippen LogP contribution in [0.1, 0.15) is 6.04 Å². The molecule has 0 radical (unpaired) electrons. The predicted octanol–water partition coefficient (Wildman–Crippen LogP) is -2.37. The molecule has 3 rings (SSSR count). The van der Waals surface area contributed by atoms with Crippen molar-refractivity contribution in [1.29, 1.82) is 0 Å². The lowest BCUT2D eigenvalue weighted by molar-refractivity contribution is 0.0286. The van der Waals surface area contributed by atoms with E-state index < -0.39 is 29.5 Å². The summed E-state index contributed by atoms with van der Waals surface area (Å²) in [7, 11) is 2.86. The van der Waals surface area contributed by atoms with Crippen molar-refractivity contribution >= 4 is 11.2 Å². The number of rotatable bonds is 2. The standard InChI is InChI=1S/C13H16N4O5/c1-15-11-8(12(21)16(2)13(15)22)14-5-17(11)7-3-6(4-18)9(19)10(7)20/h3,5,7,9-10,18-20H,4H2,1-2H3. The maximum Gasteiger partial charge on any atom is 0.332 e. The van der Waals surface area contributed by atoms with Crippen LogP contribution in [0, 0.1) is 0 Å². The minimum atomic E-state index is -1.20. The van der Waals surface area contributed by atoms with Crippen LogP contribution in [0.25, 0.3) is 11.2 Å². The van der Waals surface area contributed by atoms with Crippen LogP contribution in [0.15, 0.2) is 27.6 Å². The molecule has 2 aromatic heterocycles. The van der Waals surface area contributed by atoms with Crippen LogP contribution in [0.4, 0.5) is 0 Å². The minimum absolute atomic E-state index is 0.0946. The fraction of sp³-hybridized carbons (Fsp3) is 0.462. The zero-order valence-electron chi connectivity index (χ0n) is 12.0. The molecule has 0 saturated carbocycles. The molecule has 0 fully saturated rings. The molecule has 2 heterocycles. The Bertz CT molecular complexity index is 890. The number of fused-ring (bicyclic) bond motifs is 1. The molecule has 22 heavy (non-hydrogen) atoms. The average Bonchev–Trinajstić information content (AvgIpc) is 3.06. The third-order valence-corrected chi connectivity index (χ3v) is 4.11. The first-order chi connectivity index (χ1) is 10.4. The van der Waals surface area contributed by atoms with Crippen LogP contribution in [0.5, 0.6) is 0 Å². The maximum atomic E-state index is 12.1. The van der Waals surface area contributed by atoms with E-state index in [-0.39, 0.29) is 23.3 Å². The van der Waals surface area contributed by atoms with Gasteiger partial charge >= 0.3 is 5.69 Å². The highest BCUT2D eigenvalue weighted by Gasteiger charge is 2.36. The van der Waals surface area contributed by atoms with Crippen molar-refractivity contribution in [3.8, 4) is 0 Å². The number of aliphatic hydroxyl groups excluding tert-OH is 3. The van der Waals surface area contributed by atoms with Crippen LogP contribution in [0.2, 0.25) is 0 Å². The Hall–Kier alpha value is -2.23. The topological polar surface area (TPSA) is 123 Å². The SMILES string of the molecule is Cn1c(=O)c2ncn(C3C=C(CO)C(O)C3O)c2n(C)c1=O. The van der Waals surface area contributed by atoms with Crippen molar-refractivity contribution in [1.82, 2.24) is 18.7 Å². The number of hydrogen-bond acceptors (Lipinski definition) is 6. The van der Waals surface area contributed by atoms with E-state index >= 15 is 0 Å². The molecular formula is C13H16N4O5. The first-order valence-corrected chi connectivity index (χ1v) is 6.68. The third-order valence-electron chi connectivity index (χ3n) is 4.11. The number of aromatic nitrogens is 4. The molecule has 0 bridgehead atoms. The molecule has 1 aliphatic rings. The normalized spacial score (nSPS) is 25.0. The smallest absolute Gasteiger partial charge is 0.332 e. The Labute approximate surface area is 124 Å². The van der Waals surface area contributed by atoms with E-state index in [4.69, 9.17) is 0 Å². The van der Waals surface area contributed by atoms with E-state index in [0.717, 1.165) is 4.57 Å². The molecule has 0 aliphatic heterocycles. The van der Waals surface area contributed by atoms with Gasteiger partial charge in [-0.1, -0.05) is 6.08 Å². The van der Waals surface area contributed by atoms with Crippen molar-refractivity contribution in [2.45, 2.75) is 18.2 Å². The van der Waals surface area contributed by atoms with Crippen LogP contribution in [-0.4, -0.2) is 52.8 Å².